The monoisotopic (exact) mass is 421 g/mol. The van der Waals surface area contributed by atoms with E-state index in [4.69, 9.17) is 9.47 Å². The predicted molar refractivity (Wildman–Crippen MR) is 122 cm³/mol. The van der Waals surface area contributed by atoms with Crippen molar-refractivity contribution in [1.82, 2.24) is 9.88 Å². The van der Waals surface area contributed by atoms with Gasteiger partial charge in [-0.15, -0.1) is 11.3 Å². The van der Waals surface area contributed by atoms with Gasteiger partial charge in [0.05, 0.1) is 30.5 Å². The number of ether oxygens (including phenoxy) is 2. The molecule has 4 aromatic rings. The molecule has 0 aliphatic heterocycles. The maximum atomic E-state index is 12.6. The normalized spacial score (nSPS) is 10.8. The lowest BCUT2D eigenvalue weighted by Crippen LogP contribution is -2.28. The number of carbonyl (C=O) groups excluding carboxylic acids is 1. The van der Waals surface area contributed by atoms with Gasteiger partial charge < -0.3 is 24.7 Å². The molecule has 0 unspecified atom stereocenters. The van der Waals surface area contributed by atoms with E-state index in [9.17, 15) is 4.79 Å². The number of para-hydroxylation sites is 1. The van der Waals surface area contributed by atoms with E-state index < -0.39 is 0 Å². The van der Waals surface area contributed by atoms with Gasteiger partial charge in [-0.25, -0.2) is 4.79 Å². The van der Waals surface area contributed by atoms with Crippen molar-refractivity contribution in [2.75, 3.05) is 19.5 Å². The number of nitrogens with zero attached hydrogens (tertiary/aromatic N) is 1. The molecule has 154 valence electrons. The highest BCUT2D eigenvalue weighted by Crippen LogP contribution is 2.35. The quantitative estimate of drug-likeness (QED) is 0.447. The number of aryl methyl sites for hydroxylation is 1. The smallest absolute Gasteiger partial charge is 0.319 e. The van der Waals surface area contributed by atoms with Crippen molar-refractivity contribution in [3.63, 3.8) is 0 Å². The summed E-state index contributed by atoms with van der Waals surface area (Å²) in [6.45, 7) is 0.402. The van der Waals surface area contributed by atoms with Crippen LogP contribution in [0.1, 0.15) is 5.56 Å². The largest absolute Gasteiger partial charge is 0.497 e. The van der Waals surface area contributed by atoms with E-state index in [-0.39, 0.29) is 6.03 Å². The lowest BCUT2D eigenvalue weighted by atomic mass is 10.1. The van der Waals surface area contributed by atoms with Crippen LogP contribution in [0.3, 0.4) is 0 Å². The van der Waals surface area contributed by atoms with Gasteiger partial charge in [0.15, 0.2) is 0 Å². The molecule has 2 aromatic carbocycles. The molecule has 2 N–H and O–H groups in total. The molecule has 2 amide bonds. The van der Waals surface area contributed by atoms with Crippen LogP contribution in [0, 0.1) is 0 Å². The number of rotatable bonds is 6. The lowest BCUT2D eigenvalue weighted by molar-refractivity contribution is 0.251. The first-order chi connectivity index (χ1) is 14.6. The van der Waals surface area contributed by atoms with Crippen molar-refractivity contribution in [3.05, 3.63) is 65.5 Å². The number of benzene rings is 2. The maximum Gasteiger partial charge on any atom is 0.319 e. The van der Waals surface area contributed by atoms with Crippen molar-refractivity contribution >= 4 is 34.0 Å². The molecule has 30 heavy (non-hydrogen) atoms. The number of nitrogens with one attached hydrogen (secondary N) is 2. The van der Waals surface area contributed by atoms with Crippen molar-refractivity contribution in [2.45, 2.75) is 6.54 Å². The van der Waals surface area contributed by atoms with E-state index in [1.807, 2.05) is 18.2 Å². The summed E-state index contributed by atoms with van der Waals surface area (Å²) in [7, 11) is 5.20. The molecular weight excluding hydrogens is 398 g/mol. The van der Waals surface area contributed by atoms with Crippen LogP contribution in [0.4, 0.5) is 10.5 Å². The molecule has 0 fully saturated rings. The van der Waals surface area contributed by atoms with Crippen LogP contribution < -0.4 is 20.1 Å². The standard InChI is InChI=1S/C23H23N3O3S/c1-26-19-8-5-4-7-16(19)17(22(26)21-9-6-12-30-21)14-24-23(27)25-18-11-10-15(28-2)13-20(18)29-3/h4-13H,14H2,1-3H3,(H2,24,25,27). The van der Waals surface area contributed by atoms with Crippen LogP contribution in [0.2, 0.25) is 0 Å². The van der Waals surface area contributed by atoms with E-state index in [1.165, 1.54) is 4.88 Å². The minimum absolute atomic E-state index is 0.302. The Morgan fingerprint density at radius 1 is 1.07 bits per heavy atom. The molecule has 0 bridgehead atoms. The summed E-state index contributed by atoms with van der Waals surface area (Å²) in [6.07, 6.45) is 0. The fourth-order valence-corrected chi connectivity index (χ4v) is 4.45. The lowest BCUT2D eigenvalue weighted by Gasteiger charge is -2.13. The molecule has 0 aliphatic carbocycles. The Labute approximate surface area is 179 Å². The van der Waals surface area contributed by atoms with E-state index in [0.717, 1.165) is 22.2 Å². The summed E-state index contributed by atoms with van der Waals surface area (Å²) in [5, 5.41) is 9.04. The first-order valence-electron chi connectivity index (χ1n) is 9.49. The summed E-state index contributed by atoms with van der Waals surface area (Å²) in [4.78, 5) is 13.8. The van der Waals surface area contributed by atoms with Gasteiger partial charge in [-0.05, 0) is 29.6 Å². The van der Waals surface area contributed by atoms with E-state index in [0.29, 0.717) is 23.7 Å². The van der Waals surface area contributed by atoms with Crippen LogP contribution in [0.15, 0.2) is 60.0 Å². The predicted octanol–water partition coefficient (Wildman–Crippen LogP) is 5.25. The highest BCUT2D eigenvalue weighted by atomic mass is 32.1. The number of thiophene rings is 1. The topological polar surface area (TPSA) is 64.5 Å². The Kier molecular flexibility index (Phi) is 5.63. The Bertz CT molecular complexity index is 1180. The summed E-state index contributed by atoms with van der Waals surface area (Å²) < 4.78 is 12.7. The molecule has 0 aliphatic rings. The third-order valence-corrected chi connectivity index (χ3v) is 5.93. The molecule has 0 atom stereocenters. The number of hydrogen-bond acceptors (Lipinski definition) is 4. The van der Waals surface area contributed by atoms with E-state index >= 15 is 0 Å². The van der Waals surface area contributed by atoms with E-state index in [2.05, 4.69) is 45.8 Å². The highest BCUT2D eigenvalue weighted by Gasteiger charge is 2.18. The second-order valence-corrected chi connectivity index (χ2v) is 7.70. The molecule has 0 spiro atoms. The molecule has 0 radical (unpaired) electrons. The molecular formula is C23H23N3O3S. The number of carbonyl (C=O) groups is 1. The zero-order valence-electron chi connectivity index (χ0n) is 17.1. The molecule has 2 aromatic heterocycles. The van der Waals surface area contributed by atoms with Crippen molar-refractivity contribution < 1.29 is 14.3 Å². The summed E-state index contributed by atoms with van der Waals surface area (Å²) in [6, 6.07) is 17.3. The van der Waals surface area contributed by atoms with Gasteiger partial charge in [0.2, 0.25) is 0 Å². The molecule has 0 saturated heterocycles. The van der Waals surface area contributed by atoms with E-state index in [1.54, 1.807) is 43.8 Å². The zero-order chi connectivity index (χ0) is 21.1. The van der Waals surface area contributed by atoms with Gasteiger partial charge in [-0.1, -0.05) is 24.3 Å². The second kappa shape index (κ2) is 8.51. The van der Waals surface area contributed by atoms with Gasteiger partial charge in [-0.2, -0.15) is 0 Å². The molecule has 6 nitrogen and oxygen atoms in total. The van der Waals surface area contributed by atoms with Crippen molar-refractivity contribution in [2.24, 2.45) is 7.05 Å². The summed E-state index contributed by atoms with van der Waals surface area (Å²) in [5.41, 5.74) is 3.92. The molecule has 7 heteroatoms. The number of methoxy groups -OCH3 is 2. The number of hydrogen-bond donors (Lipinski definition) is 2. The Morgan fingerprint density at radius 3 is 2.63 bits per heavy atom. The first kappa shape index (κ1) is 19.8. The molecule has 2 heterocycles. The SMILES string of the molecule is COc1ccc(NC(=O)NCc2c(-c3cccs3)n(C)c3ccccc23)c(OC)c1. The van der Waals surface area contributed by atoms with Crippen molar-refractivity contribution in [1.29, 1.82) is 0 Å². The van der Waals surface area contributed by atoms with Crippen LogP contribution >= 0.6 is 11.3 Å². The van der Waals surface area contributed by atoms with Crippen molar-refractivity contribution in [3.8, 4) is 22.1 Å². The minimum Gasteiger partial charge on any atom is -0.497 e. The summed E-state index contributed by atoms with van der Waals surface area (Å²) in [5.74, 6) is 1.20. The third-order valence-electron chi connectivity index (χ3n) is 5.05. The van der Waals surface area contributed by atoms with Gasteiger partial charge in [0.25, 0.3) is 0 Å². The second-order valence-electron chi connectivity index (χ2n) is 6.75. The fourth-order valence-electron chi connectivity index (χ4n) is 3.61. The average Bonchev–Trinajstić information content (AvgIpc) is 3.39. The third kappa shape index (κ3) is 3.71. The van der Waals surface area contributed by atoms with Crippen LogP contribution in [-0.4, -0.2) is 24.8 Å². The number of fused-ring (bicyclic) bond motifs is 1. The number of aromatic nitrogens is 1. The molecule has 0 saturated carbocycles. The van der Waals surface area contributed by atoms with Crippen LogP contribution in [0.25, 0.3) is 21.5 Å². The number of amides is 2. The van der Waals surface area contributed by atoms with Gasteiger partial charge in [0, 0.05) is 36.1 Å². The average molecular weight is 422 g/mol. The maximum absolute atomic E-state index is 12.6. The fraction of sp³-hybridized carbons (Fsp3) is 0.174. The Morgan fingerprint density at radius 2 is 1.90 bits per heavy atom. The Balaban J connectivity index is 1.58. The first-order valence-corrected chi connectivity index (χ1v) is 10.4. The van der Waals surface area contributed by atoms with Gasteiger partial charge in [-0.3, -0.25) is 0 Å². The van der Waals surface area contributed by atoms with Crippen LogP contribution in [0.5, 0.6) is 11.5 Å². The van der Waals surface area contributed by atoms with Gasteiger partial charge in [0.1, 0.15) is 11.5 Å². The summed E-state index contributed by atoms with van der Waals surface area (Å²) >= 11 is 1.69. The number of anilines is 1. The van der Waals surface area contributed by atoms with Gasteiger partial charge >= 0.3 is 6.03 Å². The molecule has 4 rings (SSSR count). The number of urea groups is 1. The highest BCUT2D eigenvalue weighted by molar-refractivity contribution is 7.13. The minimum atomic E-state index is -0.302. The Hall–Kier alpha value is -3.45. The van der Waals surface area contributed by atoms with Crippen LogP contribution in [-0.2, 0) is 13.6 Å². The zero-order valence-corrected chi connectivity index (χ0v) is 17.9.